The lowest BCUT2D eigenvalue weighted by Crippen LogP contribution is -2.07. The second-order valence-electron chi connectivity index (χ2n) is 4.93. The minimum atomic E-state index is -0.266. The number of nitrogens with zero attached hydrogens (tertiary/aromatic N) is 1. The van der Waals surface area contributed by atoms with Crippen LogP contribution >= 0.6 is 0 Å². The fourth-order valence-electron chi connectivity index (χ4n) is 2.49. The number of pyridine rings is 1. The molecule has 0 aliphatic carbocycles. The summed E-state index contributed by atoms with van der Waals surface area (Å²) in [7, 11) is 0. The topological polar surface area (TPSA) is 38.9 Å². The van der Waals surface area contributed by atoms with E-state index in [1.807, 2.05) is 37.4 Å². The van der Waals surface area contributed by atoms with Crippen molar-refractivity contribution in [2.24, 2.45) is 5.73 Å². The zero-order valence-corrected chi connectivity index (χ0v) is 11.2. The number of aromatic nitrogens is 1. The number of benzene rings is 2. The van der Waals surface area contributed by atoms with Crippen LogP contribution in [0, 0.1) is 5.82 Å². The Bertz CT molecular complexity index is 761. The standard InChI is InChI=1S/C17H15FN2/c1-11(19)14-7-6-13(18)8-16(14)17-10-20-9-12-4-2-3-5-15(12)17/h2-11H,19H2,1H3. The van der Waals surface area contributed by atoms with E-state index in [9.17, 15) is 4.39 Å². The lowest BCUT2D eigenvalue weighted by Gasteiger charge is -2.14. The van der Waals surface area contributed by atoms with Crippen LogP contribution in [0.15, 0.2) is 54.9 Å². The Morgan fingerprint density at radius 3 is 2.65 bits per heavy atom. The molecule has 3 rings (SSSR count). The van der Waals surface area contributed by atoms with Crippen molar-refractivity contribution in [1.29, 1.82) is 0 Å². The molecule has 2 nitrogen and oxygen atoms in total. The lowest BCUT2D eigenvalue weighted by molar-refractivity contribution is 0.626. The molecule has 1 heterocycles. The maximum atomic E-state index is 13.6. The first-order chi connectivity index (χ1) is 9.66. The Morgan fingerprint density at radius 2 is 1.85 bits per heavy atom. The molecule has 3 heteroatoms. The summed E-state index contributed by atoms with van der Waals surface area (Å²) >= 11 is 0. The van der Waals surface area contributed by atoms with Crippen LogP contribution in [0.4, 0.5) is 4.39 Å². The summed E-state index contributed by atoms with van der Waals surface area (Å²) < 4.78 is 13.6. The highest BCUT2D eigenvalue weighted by molar-refractivity contribution is 5.96. The number of hydrogen-bond acceptors (Lipinski definition) is 2. The Hall–Kier alpha value is -2.26. The smallest absolute Gasteiger partial charge is 0.123 e. The van der Waals surface area contributed by atoms with Gasteiger partial charge < -0.3 is 5.73 Å². The van der Waals surface area contributed by atoms with Crippen molar-refractivity contribution in [1.82, 2.24) is 4.98 Å². The van der Waals surface area contributed by atoms with Gasteiger partial charge in [0.05, 0.1) is 0 Å². The number of fused-ring (bicyclic) bond motifs is 1. The van der Waals surface area contributed by atoms with Crippen LogP contribution in [-0.4, -0.2) is 4.98 Å². The third-order valence-corrected chi connectivity index (χ3v) is 3.46. The molecule has 1 atom stereocenters. The summed E-state index contributed by atoms with van der Waals surface area (Å²) in [5, 5.41) is 2.08. The van der Waals surface area contributed by atoms with E-state index >= 15 is 0 Å². The van der Waals surface area contributed by atoms with Crippen molar-refractivity contribution in [2.75, 3.05) is 0 Å². The molecule has 0 aliphatic rings. The normalized spacial score (nSPS) is 12.6. The molecule has 0 fully saturated rings. The molecule has 0 spiro atoms. The van der Waals surface area contributed by atoms with Crippen LogP contribution in [0.5, 0.6) is 0 Å². The molecular weight excluding hydrogens is 251 g/mol. The second-order valence-corrected chi connectivity index (χ2v) is 4.93. The first-order valence-corrected chi connectivity index (χ1v) is 6.55. The highest BCUT2D eigenvalue weighted by atomic mass is 19.1. The Labute approximate surface area is 117 Å². The van der Waals surface area contributed by atoms with Crippen LogP contribution in [0.1, 0.15) is 18.5 Å². The van der Waals surface area contributed by atoms with Gasteiger partial charge in [0.25, 0.3) is 0 Å². The van der Waals surface area contributed by atoms with Gasteiger partial charge in [-0.05, 0) is 35.6 Å². The van der Waals surface area contributed by atoms with E-state index in [2.05, 4.69) is 4.98 Å². The quantitative estimate of drug-likeness (QED) is 0.759. The molecule has 0 saturated carbocycles. The molecule has 0 saturated heterocycles. The fraction of sp³-hybridized carbons (Fsp3) is 0.118. The molecular formula is C17H15FN2. The zero-order chi connectivity index (χ0) is 14.1. The van der Waals surface area contributed by atoms with Gasteiger partial charge in [-0.15, -0.1) is 0 Å². The molecule has 3 aromatic rings. The van der Waals surface area contributed by atoms with E-state index in [4.69, 9.17) is 5.73 Å². The van der Waals surface area contributed by atoms with Gasteiger partial charge in [0.1, 0.15) is 5.82 Å². The van der Waals surface area contributed by atoms with Gasteiger partial charge >= 0.3 is 0 Å². The van der Waals surface area contributed by atoms with Crippen molar-refractivity contribution in [3.05, 3.63) is 66.2 Å². The first-order valence-electron chi connectivity index (χ1n) is 6.55. The number of rotatable bonds is 2. The van der Waals surface area contributed by atoms with Crippen molar-refractivity contribution in [3.63, 3.8) is 0 Å². The van der Waals surface area contributed by atoms with Gasteiger partial charge in [0, 0.05) is 29.4 Å². The first kappa shape index (κ1) is 12.8. The predicted molar refractivity (Wildman–Crippen MR) is 79.7 cm³/mol. The summed E-state index contributed by atoms with van der Waals surface area (Å²) in [6, 6.07) is 12.5. The van der Waals surface area contributed by atoms with Gasteiger partial charge in [-0.25, -0.2) is 4.39 Å². The minimum absolute atomic E-state index is 0.162. The maximum absolute atomic E-state index is 13.6. The van der Waals surface area contributed by atoms with Gasteiger partial charge in [0.2, 0.25) is 0 Å². The van der Waals surface area contributed by atoms with Gasteiger partial charge in [-0.1, -0.05) is 30.3 Å². The third kappa shape index (κ3) is 2.17. The summed E-state index contributed by atoms with van der Waals surface area (Å²) in [5.41, 5.74) is 8.65. The zero-order valence-electron chi connectivity index (χ0n) is 11.2. The van der Waals surface area contributed by atoms with Crippen LogP contribution in [-0.2, 0) is 0 Å². The molecule has 1 unspecified atom stereocenters. The van der Waals surface area contributed by atoms with Crippen molar-refractivity contribution in [2.45, 2.75) is 13.0 Å². The van der Waals surface area contributed by atoms with E-state index in [0.29, 0.717) is 0 Å². The van der Waals surface area contributed by atoms with Gasteiger partial charge in [-0.2, -0.15) is 0 Å². The van der Waals surface area contributed by atoms with Crippen molar-refractivity contribution >= 4 is 10.8 Å². The van der Waals surface area contributed by atoms with E-state index < -0.39 is 0 Å². The van der Waals surface area contributed by atoms with E-state index in [1.54, 1.807) is 12.3 Å². The molecule has 0 radical (unpaired) electrons. The monoisotopic (exact) mass is 266 g/mol. The third-order valence-electron chi connectivity index (χ3n) is 3.46. The van der Waals surface area contributed by atoms with Crippen LogP contribution < -0.4 is 5.73 Å². The molecule has 2 N–H and O–H groups in total. The van der Waals surface area contributed by atoms with Crippen LogP contribution in [0.25, 0.3) is 21.9 Å². The Balaban J connectivity index is 2.33. The summed E-state index contributed by atoms with van der Waals surface area (Å²) in [6.07, 6.45) is 3.58. The number of nitrogens with two attached hydrogens (primary N) is 1. The van der Waals surface area contributed by atoms with E-state index in [1.165, 1.54) is 12.1 Å². The maximum Gasteiger partial charge on any atom is 0.123 e. The molecule has 20 heavy (non-hydrogen) atoms. The molecule has 1 aromatic heterocycles. The van der Waals surface area contributed by atoms with Crippen LogP contribution in [0.2, 0.25) is 0 Å². The van der Waals surface area contributed by atoms with Crippen LogP contribution in [0.3, 0.4) is 0 Å². The largest absolute Gasteiger partial charge is 0.324 e. The molecule has 100 valence electrons. The minimum Gasteiger partial charge on any atom is -0.324 e. The fourth-order valence-corrected chi connectivity index (χ4v) is 2.49. The second kappa shape index (κ2) is 5.02. The summed E-state index contributed by atoms with van der Waals surface area (Å²) in [4.78, 5) is 4.26. The highest BCUT2D eigenvalue weighted by Gasteiger charge is 2.12. The highest BCUT2D eigenvalue weighted by Crippen LogP contribution is 2.32. The summed E-state index contributed by atoms with van der Waals surface area (Å²) in [6.45, 7) is 1.90. The Morgan fingerprint density at radius 1 is 1.05 bits per heavy atom. The molecule has 0 bridgehead atoms. The van der Waals surface area contributed by atoms with Gasteiger partial charge in [-0.3, -0.25) is 4.98 Å². The average molecular weight is 266 g/mol. The van der Waals surface area contributed by atoms with E-state index in [0.717, 1.165) is 27.5 Å². The van der Waals surface area contributed by atoms with Gasteiger partial charge in [0.15, 0.2) is 0 Å². The predicted octanol–water partition coefficient (Wildman–Crippen LogP) is 4.06. The van der Waals surface area contributed by atoms with Crippen molar-refractivity contribution < 1.29 is 4.39 Å². The molecule has 0 amide bonds. The Kier molecular flexibility index (Phi) is 3.20. The molecule has 0 aliphatic heterocycles. The average Bonchev–Trinajstić information content (AvgIpc) is 2.46. The summed E-state index contributed by atoms with van der Waals surface area (Å²) in [5.74, 6) is -0.266. The number of halogens is 1. The van der Waals surface area contributed by atoms with E-state index in [-0.39, 0.29) is 11.9 Å². The SMILES string of the molecule is CC(N)c1ccc(F)cc1-c1cncc2ccccc12. The lowest BCUT2D eigenvalue weighted by atomic mass is 9.93. The molecule has 2 aromatic carbocycles. The number of hydrogen-bond donors (Lipinski definition) is 1. The van der Waals surface area contributed by atoms with Crippen molar-refractivity contribution in [3.8, 4) is 11.1 Å².